The van der Waals surface area contributed by atoms with E-state index < -0.39 is 0 Å². The molecule has 1 saturated heterocycles. The van der Waals surface area contributed by atoms with Crippen LogP contribution in [0.25, 0.3) is 6.08 Å². The van der Waals surface area contributed by atoms with Crippen LogP contribution in [0.15, 0.2) is 54.6 Å². The molecule has 174 valence electrons. The maximum absolute atomic E-state index is 12.7. The van der Waals surface area contributed by atoms with E-state index in [1.54, 1.807) is 6.08 Å². The van der Waals surface area contributed by atoms with Crippen molar-refractivity contribution in [2.24, 2.45) is 0 Å². The number of aryl methyl sites for hydroxylation is 2. The summed E-state index contributed by atoms with van der Waals surface area (Å²) in [5, 5.41) is 3.36. The zero-order chi connectivity index (χ0) is 23.5. The standard InChI is InChI=1S/C26H27N5O3/c1-18-3-7-21(8-4-18)28-24-15-19(2)27-26(29-24)31-13-11-30(12-14-31)25(32)10-6-20-5-9-22-23(16-20)34-17-33-22/h3-10,15-16H,11-14,17H2,1-2H3,(H,27,28,29)/b10-6+. The van der Waals surface area contributed by atoms with E-state index in [2.05, 4.69) is 34.3 Å². The van der Waals surface area contributed by atoms with Gasteiger partial charge < -0.3 is 24.6 Å². The normalized spacial score (nSPS) is 15.1. The number of carbonyl (C=O) groups excluding carboxylic acids is 1. The smallest absolute Gasteiger partial charge is 0.246 e. The molecule has 8 nitrogen and oxygen atoms in total. The second-order valence-electron chi connectivity index (χ2n) is 8.44. The van der Waals surface area contributed by atoms with Crippen molar-refractivity contribution in [3.05, 3.63) is 71.4 Å². The maximum Gasteiger partial charge on any atom is 0.246 e. The van der Waals surface area contributed by atoms with Crippen molar-refractivity contribution in [3.63, 3.8) is 0 Å². The van der Waals surface area contributed by atoms with E-state index >= 15 is 0 Å². The Kier molecular flexibility index (Phi) is 6.03. The number of anilines is 3. The van der Waals surface area contributed by atoms with Gasteiger partial charge in [0.05, 0.1) is 0 Å². The molecule has 3 aromatic rings. The predicted octanol–water partition coefficient (Wildman–Crippen LogP) is 3.93. The molecule has 3 heterocycles. The molecule has 1 amide bonds. The molecule has 1 aromatic heterocycles. The average molecular weight is 458 g/mol. The lowest BCUT2D eigenvalue weighted by Gasteiger charge is -2.34. The molecule has 0 saturated carbocycles. The molecule has 2 aliphatic rings. The van der Waals surface area contributed by atoms with E-state index in [-0.39, 0.29) is 12.7 Å². The van der Waals surface area contributed by atoms with Gasteiger partial charge in [0.2, 0.25) is 18.6 Å². The van der Waals surface area contributed by atoms with E-state index in [0.29, 0.717) is 37.9 Å². The van der Waals surface area contributed by atoms with E-state index in [1.165, 1.54) is 5.56 Å². The fourth-order valence-corrected chi connectivity index (χ4v) is 3.96. The van der Waals surface area contributed by atoms with Gasteiger partial charge in [-0.1, -0.05) is 23.8 Å². The van der Waals surface area contributed by atoms with Gasteiger partial charge >= 0.3 is 0 Å². The lowest BCUT2D eigenvalue weighted by atomic mass is 10.2. The number of fused-ring (bicyclic) bond motifs is 1. The molecule has 1 N–H and O–H groups in total. The molecular formula is C26H27N5O3. The summed E-state index contributed by atoms with van der Waals surface area (Å²) in [7, 11) is 0. The Morgan fingerprint density at radius 2 is 1.71 bits per heavy atom. The first kappa shape index (κ1) is 21.8. The van der Waals surface area contributed by atoms with Crippen molar-refractivity contribution < 1.29 is 14.3 Å². The van der Waals surface area contributed by atoms with Gasteiger partial charge in [-0.3, -0.25) is 4.79 Å². The topological polar surface area (TPSA) is 79.8 Å². The van der Waals surface area contributed by atoms with Gasteiger partial charge in [0.15, 0.2) is 11.5 Å². The van der Waals surface area contributed by atoms with Crippen molar-refractivity contribution in [1.82, 2.24) is 14.9 Å². The lowest BCUT2D eigenvalue weighted by molar-refractivity contribution is -0.126. The molecule has 0 atom stereocenters. The van der Waals surface area contributed by atoms with Crippen LogP contribution < -0.4 is 19.7 Å². The zero-order valence-corrected chi connectivity index (χ0v) is 19.3. The SMILES string of the molecule is Cc1ccc(Nc2cc(C)nc(N3CCN(C(=O)/C=C/c4ccc5c(c4)OCO5)CC3)n2)cc1. The van der Waals surface area contributed by atoms with Crippen molar-refractivity contribution in [1.29, 1.82) is 0 Å². The Morgan fingerprint density at radius 1 is 0.941 bits per heavy atom. The highest BCUT2D eigenvalue weighted by Crippen LogP contribution is 2.32. The largest absolute Gasteiger partial charge is 0.454 e. The van der Waals surface area contributed by atoms with Gasteiger partial charge in [0, 0.05) is 49.7 Å². The van der Waals surface area contributed by atoms with Crippen LogP contribution in [-0.2, 0) is 4.79 Å². The molecule has 34 heavy (non-hydrogen) atoms. The molecular weight excluding hydrogens is 430 g/mol. The van der Waals surface area contributed by atoms with Crippen molar-refractivity contribution in [2.75, 3.05) is 43.2 Å². The highest BCUT2D eigenvalue weighted by Gasteiger charge is 2.22. The van der Waals surface area contributed by atoms with E-state index in [0.717, 1.165) is 28.5 Å². The molecule has 0 radical (unpaired) electrons. The van der Waals surface area contributed by atoms with Crippen LogP contribution in [0, 0.1) is 13.8 Å². The third kappa shape index (κ3) is 4.96. The first-order chi connectivity index (χ1) is 16.5. The second-order valence-corrected chi connectivity index (χ2v) is 8.44. The number of rotatable bonds is 5. The number of hydrogen-bond donors (Lipinski definition) is 1. The van der Waals surface area contributed by atoms with Crippen molar-refractivity contribution >= 4 is 29.4 Å². The van der Waals surface area contributed by atoms with Crippen molar-refractivity contribution in [2.45, 2.75) is 13.8 Å². The Morgan fingerprint density at radius 3 is 2.50 bits per heavy atom. The Balaban J connectivity index is 1.19. The van der Waals surface area contributed by atoms with E-state index in [9.17, 15) is 4.79 Å². The number of carbonyl (C=O) groups is 1. The fourth-order valence-electron chi connectivity index (χ4n) is 3.96. The van der Waals surface area contributed by atoms with Crippen molar-refractivity contribution in [3.8, 4) is 11.5 Å². The minimum atomic E-state index is -0.01000. The second kappa shape index (κ2) is 9.43. The Hall–Kier alpha value is -4.07. The summed E-state index contributed by atoms with van der Waals surface area (Å²) < 4.78 is 10.7. The number of aromatic nitrogens is 2. The number of nitrogens with one attached hydrogen (secondary N) is 1. The Bertz CT molecular complexity index is 1220. The summed E-state index contributed by atoms with van der Waals surface area (Å²) >= 11 is 0. The third-order valence-corrected chi connectivity index (χ3v) is 5.86. The van der Waals surface area contributed by atoms with Gasteiger partial charge in [-0.05, 0) is 49.8 Å². The third-order valence-electron chi connectivity index (χ3n) is 5.86. The summed E-state index contributed by atoms with van der Waals surface area (Å²) in [6.07, 6.45) is 3.42. The summed E-state index contributed by atoms with van der Waals surface area (Å²) in [4.78, 5) is 26.0. The highest BCUT2D eigenvalue weighted by atomic mass is 16.7. The molecule has 1 fully saturated rings. The fraction of sp³-hybridized carbons (Fsp3) is 0.269. The van der Waals surface area contributed by atoms with E-state index in [1.807, 2.05) is 54.3 Å². The minimum absolute atomic E-state index is 0.01000. The van der Waals surface area contributed by atoms with Gasteiger partial charge in [-0.25, -0.2) is 4.98 Å². The van der Waals surface area contributed by atoms with Gasteiger partial charge in [-0.15, -0.1) is 0 Å². The number of benzene rings is 2. The maximum atomic E-state index is 12.7. The molecule has 0 unspecified atom stereocenters. The number of ether oxygens (including phenoxy) is 2. The van der Waals surface area contributed by atoms with E-state index in [4.69, 9.17) is 14.5 Å². The molecule has 8 heteroatoms. The molecule has 0 bridgehead atoms. The average Bonchev–Trinajstić information content (AvgIpc) is 3.32. The van der Waals surface area contributed by atoms with Gasteiger partial charge in [0.1, 0.15) is 5.82 Å². The number of nitrogens with zero attached hydrogens (tertiary/aromatic N) is 4. The molecule has 0 spiro atoms. The number of piperazine rings is 1. The predicted molar refractivity (Wildman–Crippen MR) is 132 cm³/mol. The molecule has 2 aromatic carbocycles. The summed E-state index contributed by atoms with van der Waals surface area (Å²) in [6, 6.07) is 15.8. The van der Waals surface area contributed by atoms with Crippen LogP contribution in [0.4, 0.5) is 17.5 Å². The molecule has 0 aliphatic carbocycles. The number of hydrogen-bond acceptors (Lipinski definition) is 7. The van der Waals surface area contributed by atoms with Gasteiger partial charge in [0.25, 0.3) is 0 Å². The molecule has 2 aliphatic heterocycles. The summed E-state index contributed by atoms with van der Waals surface area (Å²) in [5.74, 6) is 2.87. The minimum Gasteiger partial charge on any atom is -0.454 e. The lowest BCUT2D eigenvalue weighted by Crippen LogP contribution is -2.48. The van der Waals surface area contributed by atoms with Crippen LogP contribution in [0.3, 0.4) is 0 Å². The van der Waals surface area contributed by atoms with Gasteiger partial charge in [-0.2, -0.15) is 4.98 Å². The van der Waals surface area contributed by atoms with Crippen LogP contribution >= 0.6 is 0 Å². The van der Waals surface area contributed by atoms with Crippen LogP contribution in [-0.4, -0.2) is 53.7 Å². The van der Waals surface area contributed by atoms with Crippen LogP contribution in [0.1, 0.15) is 16.8 Å². The van der Waals surface area contributed by atoms with Crippen LogP contribution in [0.2, 0.25) is 0 Å². The summed E-state index contributed by atoms with van der Waals surface area (Å²) in [6.45, 7) is 6.85. The highest BCUT2D eigenvalue weighted by molar-refractivity contribution is 5.92. The monoisotopic (exact) mass is 457 g/mol. The number of amides is 1. The summed E-state index contributed by atoms with van der Waals surface area (Å²) in [5.41, 5.74) is 3.99. The zero-order valence-electron chi connectivity index (χ0n) is 19.3. The Labute approximate surface area is 198 Å². The first-order valence-electron chi connectivity index (χ1n) is 11.3. The first-order valence-corrected chi connectivity index (χ1v) is 11.3. The molecule has 5 rings (SSSR count). The van der Waals surface area contributed by atoms with Crippen LogP contribution in [0.5, 0.6) is 11.5 Å². The quantitative estimate of drug-likeness (QED) is 0.582.